The Morgan fingerprint density at radius 2 is 2.09 bits per heavy atom. The molecule has 0 saturated heterocycles. The van der Waals surface area contributed by atoms with E-state index in [-0.39, 0.29) is 0 Å². The summed E-state index contributed by atoms with van der Waals surface area (Å²) in [6.45, 7) is 3.61. The van der Waals surface area contributed by atoms with E-state index in [0.29, 0.717) is 6.04 Å². The van der Waals surface area contributed by atoms with Gasteiger partial charge in [-0.1, -0.05) is 18.2 Å². The van der Waals surface area contributed by atoms with Crippen LogP contribution in [-0.4, -0.2) is 27.7 Å². The van der Waals surface area contributed by atoms with Gasteiger partial charge in [0.2, 0.25) is 0 Å². The molecule has 5 nitrogen and oxygen atoms in total. The van der Waals surface area contributed by atoms with Crippen molar-refractivity contribution in [2.24, 2.45) is 0 Å². The molecule has 0 spiro atoms. The molecule has 1 atom stereocenters. The van der Waals surface area contributed by atoms with Crippen LogP contribution in [0.5, 0.6) is 0 Å². The summed E-state index contributed by atoms with van der Waals surface area (Å²) in [5.74, 6) is 1.90. The van der Waals surface area contributed by atoms with Crippen molar-refractivity contribution in [1.29, 1.82) is 0 Å². The van der Waals surface area contributed by atoms with Crippen molar-refractivity contribution in [3.05, 3.63) is 47.3 Å². The summed E-state index contributed by atoms with van der Waals surface area (Å²) in [7, 11) is 0. The number of fused-ring (bicyclic) bond motifs is 1. The number of hydrogen-bond acceptors (Lipinski definition) is 5. The predicted molar refractivity (Wildman–Crippen MR) is 90.5 cm³/mol. The monoisotopic (exact) mass is 310 g/mol. The number of rotatable bonds is 4. The molecule has 1 aliphatic heterocycles. The van der Waals surface area contributed by atoms with Gasteiger partial charge in [-0.15, -0.1) is 0 Å². The van der Waals surface area contributed by atoms with Crippen LogP contribution in [0.4, 0.5) is 11.6 Å². The zero-order chi connectivity index (χ0) is 15.8. The number of nitrogens with zero attached hydrogens (tertiary/aromatic N) is 3. The molecule has 0 unspecified atom stereocenters. The largest absolute Gasteiger partial charge is 0.389 e. The number of aromatic nitrogens is 2. The molecular weight excluding hydrogens is 288 g/mol. The average molecular weight is 310 g/mol. The lowest BCUT2D eigenvalue weighted by Crippen LogP contribution is -2.31. The van der Waals surface area contributed by atoms with Crippen molar-refractivity contribution < 1.29 is 5.11 Å². The molecule has 0 radical (unpaired) electrons. The van der Waals surface area contributed by atoms with Crippen LogP contribution in [0, 0.1) is 0 Å². The molecule has 1 saturated carbocycles. The van der Waals surface area contributed by atoms with Crippen LogP contribution >= 0.6 is 0 Å². The minimum Gasteiger partial charge on any atom is -0.389 e. The fourth-order valence-electron chi connectivity index (χ4n) is 3.06. The Kier molecular flexibility index (Phi) is 3.65. The molecule has 1 fully saturated rings. The molecule has 2 heterocycles. The zero-order valence-electron chi connectivity index (χ0n) is 13.4. The molecule has 2 aromatic rings. The van der Waals surface area contributed by atoms with Crippen LogP contribution in [0.25, 0.3) is 0 Å². The molecule has 1 aliphatic carbocycles. The summed E-state index contributed by atoms with van der Waals surface area (Å²) >= 11 is 0. The second-order valence-corrected chi connectivity index (χ2v) is 6.56. The van der Waals surface area contributed by atoms with Gasteiger partial charge in [-0.25, -0.2) is 9.97 Å². The first-order valence-corrected chi connectivity index (χ1v) is 8.32. The van der Waals surface area contributed by atoms with Crippen LogP contribution in [0.2, 0.25) is 0 Å². The third-order valence-electron chi connectivity index (χ3n) is 4.63. The van der Waals surface area contributed by atoms with E-state index in [9.17, 15) is 5.11 Å². The third kappa shape index (κ3) is 3.15. The Labute approximate surface area is 136 Å². The van der Waals surface area contributed by atoms with Gasteiger partial charge in [0.1, 0.15) is 18.0 Å². The van der Waals surface area contributed by atoms with E-state index in [0.717, 1.165) is 36.7 Å². The standard InChI is InChI=1S/C18H22N4O/c1-12(23)13-2-3-15-10-22(7-6-14(15)8-13)18-9-17(19-11-20-18)21-16-4-5-16/h2-3,8-9,11-12,16,23H,4-7,10H2,1H3,(H,19,20,21)/t12-/m1/s1. The summed E-state index contributed by atoms with van der Waals surface area (Å²) in [4.78, 5) is 11.1. The molecule has 1 aromatic heterocycles. The summed E-state index contributed by atoms with van der Waals surface area (Å²) in [5.41, 5.74) is 3.65. The first-order valence-electron chi connectivity index (χ1n) is 8.32. The Bertz CT molecular complexity index is 712. The van der Waals surface area contributed by atoms with Crippen molar-refractivity contribution in [3.63, 3.8) is 0 Å². The Morgan fingerprint density at radius 1 is 1.22 bits per heavy atom. The quantitative estimate of drug-likeness (QED) is 0.909. The highest BCUT2D eigenvalue weighted by Crippen LogP contribution is 2.28. The first-order chi connectivity index (χ1) is 11.2. The Morgan fingerprint density at radius 3 is 2.87 bits per heavy atom. The van der Waals surface area contributed by atoms with Gasteiger partial charge in [-0.3, -0.25) is 0 Å². The van der Waals surface area contributed by atoms with Crippen LogP contribution in [0.3, 0.4) is 0 Å². The van der Waals surface area contributed by atoms with Gasteiger partial charge >= 0.3 is 0 Å². The van der Waals surface area contributed by atoms with E-state index in [2.05, 4.69) is 32.3 Å². The van der Waals surface area contributed by atoms with Crippen LogP contribution in [0.1, 0.15) is 42.6 Å². The topological polar surface area (TPSA) is 61.3 Å². The van der Waals surface area contributed by atoms with Crippen molar-refractivity contribution in [3.8, 4) is 0 Å². The van der Waals surface area contributed by atoms with E-state index >= 15 is 0 Å². The van der Waals surface area contributed by atoms with Crippen LogP contribution < -0.4 is 10.2 Å². The molecule has 0 bridgehead atoms. The number of nitrogens with one attached hydrogen (secondary N) is 1. The van der Waals surface area contributed by atoms with Gasteiger partial charge in [0.15, 0.2) is 0 Å². The third-order valence-corrected chi connectivity index (χ3v) is 4.63. The maximum Gasteiger partial charge on any atom is 0.134 e. The molecule has 2 aliphatic rings. The van der Waals surface area contributed by atoms with E-state index < -0.39 is 6.10 Å². The highest BCUT2D eigenvalue weighted by molar-refractivity contribution is 5.51. The summed E-state index contributed by atoms with van der Waals surface area (Å²) < 4.78 is 0. The second kappa shape index (κ2) is 5.81. The molecular formula is C18H22N4O. The van der Waals surface area contributed by atoms with Crippen LogP contribution in [0.15, 0.2) is 30.6 Å². The van der Waals surface area contributed by atoms with Gasteiger partial charge in [-0.05, 0) is 42.9 Å². The lowest BCUT2D eigenvalue weighted by atomic mass is 9.96. The predicted octanol–water partition coefficient (Wildman–Crippen LogP) is 2.67. The summed E-state index contributed by atoms with van der Waals surface area (Å²) in [6, 6.07) is 8.94. The van der Waals surface area contributed by atoms with Crippen molar-refractivity contribution in [2.45, 2.75) is 44.9 Å². The normalized spacial score (nSPS) is 18.4. The first kappa shape index (κ1) is 14.5. The van der Waals surface area contributed by atoms with E-state index in [1.54, 1.807) is 6.33 Å². The summed E-state index contributed by atoms with van der Waals surface area (Å²) in [6.07, 6.45) is 4.69. The fourth-order valence-corrected chi connectivity index (χ4v) is 3.06. The number of hydrogen-bond donors (Lipinski definition) is 2. The zero-order valence-corrected chi connectivity index (χ0v) is 13.4. The molecule has 0 amide bonds. The Balaban J connectivity index is 1.53. The van der Waals surface area contributed by atoms with Gasteiger partial charge < -0.3 is 15.3 Å². The average Bonchev–Trinajstić information content (AvgIpc) is 3.38. The van der Waals surface area contributed by atoms with E-state index in [1.807, 2.05) is 19.1 Å². The summed E-state index contributed by atoms with van der Waals surface area (Å²) in [5, 5.41) is 13.2. The highest BCUT2D eigenvalue weighted by Gasteiger charge is 2.22. The molecule has 4 rings (SSSR count). The van der Waals surface area contributed by atoms with Gasteiger partial charge in [0.25, 0.3) is 0 Å². The van der Waals surface area contributed by atoms with Gasteiger partial charge in [-0.2, -0.15) is 0 Å². The maximum absolute atomic E-state index is 9.73. The molecule has 1 aromatic carbocycles. The fraction of sp³-hybridized carbons (Fsp3) is 0.444. The smallest absolute Gasteiger partial charge is 0.134 e. The second-order valence-electron chi connectivity index (χ2n) is 6.56. The van der Waals surface area contributed by atoms with Crippen molar-refractivity contribution in [1.82, 2.24) is 9.97 Å². The van der Waals surface area contributed by atoms with E-state index in [1.165, 1.54) is 24.0 Å². The minimum absolute atomic E-state index is 0.406. The van der Waals surface area contributed by atoms with E-state index in [4.69, 9.17) is 0 Å². The van der Waals surface area contributed by atoms with Gasteiger partial charge in [0, 0.05) is 25.2 Å². The number of aliphatic hydroxyl groups excluding tert-OH is 1. The van der Waals surface area contributed by atoms with Gasteiger partial charge in [0.05, 0.1) is 6.10 Å². The number of anilines is 2. The molecule has 120 valence electrons. The van der Waals surface area contributed by atoms with Crippen LogP contribution in [-0.2, 0) is 13.0 Å². The van der Waals surface area contributed by atoms with Crippen molar-refractivity contribution in [2.75, 3.05) is 16.8 Å². The number of benzene rings is 1. The highest BCUT2D eigenvalue weighted by atomic mass is 16.3. The SMILES string of the molecule is C[C@@H](O)c1ccc2c(c1)CCN(c1cc(NC3CC3)ncn1)C2. The lowest BCUT2D eigenvalue weighted by molar-refractivity contribution is 0.199. The minimum atomic E-state index is -0.406. The maximum atomic E-state index is 9.73. The van der Waals surface area contributed by atoms with Crippen molar-refractivity contribution >= 4 is 11.6 Å². The lowest BCUT2D eigenvalue weighted by Gasteiger charge is -2.30. The number of aliphatic hydroxyl groups is 1. The molecule has 2 N–H and O–H groups in total. The molecule has 5 heteroatoms. The molecule has 23 heavy (non-hydrogen) atoms. The Hall–Kier alpha value is -2.14.